The molecule has 0 radical (unpaired) electrons. The van der Waals surface area contributed by atoms with Crippen molar-refractivity contribution in [3.05, 3.63) is 53.1 Å². The molecule has 1 amide bonds. The summed E-state index contributed by atoms with van der Waals surface area (Å²) < 4.78 is 27.0. The number of phenols is 1. The van der Waals surface area contributed by atoms with E-state index in [1.54, 1.807) is 20.3 Å². The molecular formula is C41H58FNO5. The van der Waals surface area contributed by atoms with Crippen LogP contribution in [0.15, 0.2) is 36.4 Å². The first-order valence-corrected chi connectivity index (χ1v) is 18.8. The molecule has 264 valence electrons. The number of aromatic hydroxyl groups is 1. The fraction of sp³-hybridized carbons (Fsp3) is 0.683. The van der Waals surface area contributed by atoms with Gasteiger partial charge in [0.25, 0.3) is 0 Å². The monoisotopic (exact) mass is 663 g/mol. The Bertz CT molecular complexity index is 1390. The maximum atomic E-state index is 16.1. The molecule has 3 saturated carbocycles. The molecule has 6 rings (SSSR count). The topological polar surface area (TPSA) is 79.2 Å². The van der Waals surface area contributed by atoms with Crippen LogP contribution in [0.25, 0.3) is 0 Å². The average Bonchev–Trinajstić information content (AvgIpc) is 3.38. The molecule has 0 saturated heterocycles. The number of rotatable bonds is 13. The highest BCUT2D eigenvalue weighted by atomic mass is 19.1. The normalized spacial score (nSPS) is 29.9. The van der Waals surface area contributed by atoms with Gasteiger partial charge in [-0.1, -0.05) is 57.6 Å². The Morgan fingerprint density at radius 3 is 2.50 bits per heavy atom. The van der Waals surface area contributed by atoms with E-state index in [4.69, 9.17) is 9.47 Å². The molecule has 2 aromatic carbocycles. The third-order valence-electron chi connectivity index (χ3n) is 12.9. The lowest BCUT2D eigenvalue weighted by atomic mass is 9.51. The highest BCUT2D eigenvalue weighted by Gasteiger charge is 2.59. The summed E-state index contributed by atoms with van der Waals surface area (Å²) in [4.78, 5) is 15.8. The highest BCUT2D eigenvalue weighted by molar-refractivity contribution is 5.79. The number of aliphatic hydroxyl groups excluding tert-OH is 1. The Labute approximate surface area is 287 Å². The van der Waals surface area contributed by atoms with Gasteiger partial charge in [0, 0.05) is 19.0 Å². The van der Waals surface area contributed by atoms with Gasteiger partial charge in [-0.25, -0.2) is 4.39 Å². The highest BCUT2D eigenvalue weighted by Crippen LogP contribution is 2.63. The number of nitrogens with zero attached hydrogens (tertiary/aromatic N) is 1. The van der Waals surface area contributed by atoms with Crippen molar-refractivity contribution in [2.75, 3.05) is 27.3 Å². The van der Waals surface area contributed by atoms with Gasteiger partial charge in [-0.15, -0.1) is 0 Å². The molecule has 2 N–H and O–H groups in total. The molecule has 7 atom stereocenters. The SMILES string of the molecule is COc1ccc(CC(=O)N(CCCCCCC2Cc3cc(O)ccc3C3C(F)C[C@]4(C)C(O)CCC4C23)CC2CCCCC2)cc1OC. The number of halogens is 1. The van der Waals surface area contributed by atoms with E-state index >= 15 is 4.39 Å². The quantitative estimate of drug-likeness (QED) is 0.211. The number of unbranched alkanes of at least 4 members (excludes halogenated alkanes) is 3. The number of methoxy groups -OCH3 is 2. The predicted octanol–water partition coefficient (Wildman–Crippen LogP) is 8.40. The van der Waals surface area contributed by atoms with Crippen LogP contribution in [0, 0.1) is 29.1 Å². The van der Waals surface area contributed by atoms with Crippen LogP contribution in [0.4, 0.5) is 4.39 Å². The summed E-state index contributed by atoms with van der Waals surface area (Å²) >= 11 is 0. The van der Waals surface area contributed by atoms with Gasteiger partial charge in [-0.05, 0) is 121 Å². The van der Waals surface area contributed by atoms with Crippen molar-refractivity contribution in [2.24, 2.45) is 29.1 Å². The Morgan fingerprint density at radius 2 is 1.73 bits per heavy atom. The number of aliphatic hydroxyl groups is 1. The maximum Gasteiger partial charge on any atom is 0.227 e. The van der Waals surface area contributed by atoms with E-state index in [1.165, 1.54) is 32.1 Å². The minimum absolute atomic E-state index is 0.146. The third kappa shape index (κ3) is 7.37. The van der Waals surface area contributed by atoms with Crippen molar-refractivity contribution in [2.45, 2.75) is 121 Å². The van der Waals surface area contributed by atoms with E-state index in [1.807, 2.05) is 30.3 Å². The van der Waals surface area contributed by atoms with E-state index in [0.29, 0.717) is 42.1 Å². The summed E-state index contributed by atoms with van der Waals surface area (Å²) in [7, 11) is 3.25. The molecule has 6 unspecified atom stereocenters. The Balaban J connectivity index is 1.07. The van der Waals surface area contributed by atoms with Crippen molar-refractivity contribution >= 4 is 5.91 Å². The van der Waals surface area contributed by atoms with E-state index in [0.717, 1.165) is 81.1 Å². The molecule has 6 nitrogen and oxygen atoms in total. The Kier molecular flexibility index (Phi) is 11.2. The number of fused-ring (bicyclic) bond motifs is 5. The van der Waals surface area contributed by atoms with Gasteiger partial charge in [0.05, 0.1) is 26.7 Å². The zero-order valence-electron chi connectivity index (χ0n) is 29.5. The van der Waals surface area contributed by atoms with E-state index < -0.39 is 12.3 Å². The van der Waals surface area contributed by atoms with Crippen molar-refractivity contribution in [1.29, 1.82) is 0 Å². The van der Waals surface area contributed by atoms with E-state index in [9.17, 15) is 15.0 Å². The van der Waals surface area contributed by atoms with Crippen LogP contribution in [-0.4, -0.2) is 60.6 Å². The molecule has 0 heterocycles. The van der Waals surface area contributed by atoms with Gasteiger partial charge < -0.3 is 24.6 Å². The van der Waals surface area contributed by atoms with Crippen molar-refractivity contribution < 1.29 is 28.9 Å². The molecule has 2 aromatic rings. The lowest BCUT2D eigenvalue weighted by Gasteiger charge is -2.54. The average molecular weight is 664 g/mol. The summed E-state index contributed by atoms with van der Waals surface area (Å²) in [6.07, 6.45) is 13.5. The maximum absolute atomic E-state index is 16.1. The summed E-state index contributed by atoms with van der Waals surface area (Å²) in [6.45, 7) is 3.76. The minimum atomic E-state index is -0.971. The second-order valence-corrected chi connectivity index (χ2v) is 15.8. The number of carbonyl (C=O) groups excluding carboxylic acids is 1. The standard InChI is InChI=1S/C41H58FNO5/c1-41-25-34(42)40-32-16-15-31(44)24-30(32)23-29(39(40)33(41)17-19-37(41)45)13-9-4-5-10-20-43(26-27-11-7-6-8-12-27)38(46)22-28-14-18-35(47-2)36(21-28)48-3/h14-16,18,21,24,27,29,33-34,37,39-40,44-45H,4-13,17,19-20,22-23,25-26H2,1-3H3/t29?,33?,34?,37?,39?,40?,41-/m0/s1. The zero-order valence-corrected chi connectivity index (χ0v) is 29.5. The molecule has 0 bridgehead atoms. The number of phenolic OH excluding ortho intramolecular Hbond substituents is 1. The molecule has 48 heavy (non-hydrogen) atoms. The smallest absolute Gasteiger partial charge is 0.227 e. The fourth-order valence-electron chi connectivity index (χ4n) is 10.4. The van der Waals surface area contributed by atoms with Crippen LogP contribution in [0.5, 0.6) is 17.2 Å². The Morgan fingerprint density at radius 1 is 0.958 bits per heavy atom. The van der Waals surface area contributed by atoms with Crippen molar-refractivity contribution in [1.82, 2.24) is 4.90 Å². The molecular weight excluding hydrogens is 605 g/mol. The van der Waals surface area contributed by atoms with Gasteiger partial charge in [0.15, 0.2) is 11.5 Å². The molecule has 7 heteroatoms. The first-order valence-electron chi connectivity index (χ1n) is 18.8. The number of hydrogen-bond donors (Lipinski definition) is 2. The summed E-state index contributed by atoms with van der Waals surface area (Å²) in [6, 6.07) is 11.3. The van der Waals surface area contributed by atoms with E-state index in [-0.39, 0.29) is 28.9 Å². The fourth-order valence-corrected chi connectivity index (χ4v) is 10.4. The minimum Gasteiger partial charge on any atom is -0.508 e. The van der Waals surface area contributed by atoms with Gasteiger partial charge >= 0.3 is 0 Å². The predicted molar refractivity (Wildman–Crippen MR) is 187 cm³/mol. The van der Waals surface area contributed by atoms with Gasteiger partial charge in [0.1, 0.15) is 11.9 Å². The van der Waals surface area contributed by atoms with Gasteiger partial charge in [0.2, 0.25) is 5.91 Å². The van der Waals surface area contributed by atoms with Crippen molar-refractivity contribution in [3.63, 3.8) is 0 Å². The first-order chi connectivity index (χ1) is 23.2. The summed E-state index contributed by atoms with van der Waals surface area (Å²) in [5, 5.41) is 21.2. The number of benzene rings is 2. The second kappa shape index (κ2) is 15.4. The number of ether oxygens (including phenoxy) is 2. The van der Waals surface area contributed by atoms with Crippen LogP contribution in [0.2, 0.25) is 0 Å². The lowest BCUT2D eigenvalue weighted by molar-refractivity contribution is -0.131. The van der Waals surface area contributed by atoms with Gasteiger partial charge in [-0.3, -0.25) is 4.79 Å². The number of amides is 1. The van der Waals surface area contributed by atoms with E-state index in [2.05, 4.69) is 11.8 Å². The van der Waals surface area contributed by atoms with Crippen LogP contribution < -0.4 is 9.47 Å². The largest absolute Gasteiger partial charge is 0.508 e. The molecule has 4 aliphatic rings. The number of hydrogen-bond acceptors (Lipinski definition) is 5. The lowest BCUT2D eigenvalue weighted by Crippen LogP contribution is -2.51. The van der Waals surface area contributed by atoms with Crippen LogP contribution in [-0.2, 0) is 17.6 Å². The van der Waals surface area contributed by atoms with Crippen LogP contribution in [0.1, 0.15) is 113 Å². The number of carbonyl (C=O) groups is 1. The Hall–Kier alpha value is -2.80. The van der Waals surface area contributed by atoms with Crippen LogP contribution >= 0.6 is 0 Å². The molecule has 4 aliphatic carbocycles. The van der Waals surface area contributed by atoms with Gasteiger partial charge in [-0.2, -0.15) is 0 Å². The molecule has 0 spiro atoms. The summed E-state index contributed by atoms with van der Waals surface area (Å²) in [5.74, 6) is 3.12. The van der Waals surface area contributed by atoms with Crippen LogP contribution in [0.3, 0.4) is 0 Å². The van der Waals surface area contributed by atoms with Crippen molar-refractivity contribution in [3.8, 4) is 17.2 Å². The first kappa shape index (κ1) is 35.0. The molecule has 0 aliphatic heterocycles. The zero-order chi connectivity index (χ0) is 33.8. The second-order valence-electron chi connectivity index (χ2n) is 15.8. The summed E-state index contributed by atoms with van der Waals surface area (Å²) in [5.41, 5.74) is 2.78. The molecule has 3 fully saturated rings. The third-order valence-corrected chi connectivity index (χ3v) is 12.9. The molecule has 0 aromatic heterocycles. The number of alkyl halides is 1.